The molecule has 0 unspecified atom stereocenters. The Labute approximate surface area is 191 Å². The molecule has 0 radical (unpaired) electrons. The van der Waals surface area contributed by atoms with Crippen molar-refractivity contribution in [1.82, 2.24) is 10.2 Å². The molecule has 8 nitrogen and oxygen atoms in total. The summed E-state index contributed by atoms with van der Waals surface area (Å²) in [7, 11) is -3.73. The van der Waals surface area contributed by atoms with Crippen LogP contribution in [0.5, 0.6) is 0 Å². The molecule has 2 N–H and O–H groups in total. The highest BCUT2D eigenvalue weighted by Gasteiger charge is 2.16. The van der Waals surface area contributed by atoms with E-state index in [1.165, 1.54) is 36.4 Å². The van der Waals surface area contributed by atoms with Gasteiger partial charge in [0.1, 0.15) is 0 Å². The third-order valence-electron chi connectivity index (χ3n) is 5.00. The van der Waals surface area contributed by atoms with E-state index >= 15 is 0 Å². The van der Waals surface area contributed by atoms with Gasteiger partial charge in [0, 0.05) is 16.8 Å². The summed E-state index contributed by atoms with van der Waals surface area (Å²) in [6.45, 7) is 5.78. The summed E-state index contributed by atoms with van der Waals surface area (Å²) >= 11 is 0. The number of carbonyl (C=O) groups excluding carboxylic acids is 1. The summed E-state index contributed by atoms with van der Waals surface area (Å²) in [5, 5.41) is 10.5. The maximum Gasteiger partial charge on any atom is 0.322 e. The summed E-state index contributed by atoms with van der Waals surface area (Å²) in [5.41, 5.74) is 4.44. The fraction of sp³-hybridized carbons (Fsp3) is 0.125. The van der Waals surface area contributed by atoms with E-state index in [0.717, 1.165) is 22.3 Å². The van der Waals surface area contributed by atoms with Crippen molar-refractivity contribution < 1.29 is 17.6 Å². The number of benzene rings is 3. The van der Waals surface area contributed by atoms with Crippen LogP contribution in [0.1, 0.15) is 27.0 Å². The van der Waals surface area contributed by atoms with Crippen LogP contribution in [-0.4, -0.2) is 24.5 Å². The van der Waals surface area contributed by atoms with Gasteiger partial charge < -0.3 is 4.42 Å². The van der Waals surface area contributed by atoms with Crippen molar-refractivity contribution in [2.24, 2.45) is 0 Å². The lowest BCUT2D eigenvalue weighted by Gasteiger charge is -2.09. The van der Waals surface area contributed by atoms with Gasteiger partial charge in [-0.1, -0.05) is 40.5 Å². The molecular formula is C24H22N4O4S. The van der Waals surface area contributed by atoms with E-state index in [1.807, 2.05) is 39.0 Å². The Balaban J connectivity index is 1.44. The molecule has 4 aromatic rings. The van der Waals surface area contributed by atoms with E-state index in [1.54, 1.807) is 12.1 Å². The predicted octanol–water partition coefficient (Wildman–Crippen LogP) is 4.71. The summed E-state index contributed by atoms with van der Waals surface area (Å²) in [6.07, 6.45) is 0. The fourth-order valence-electron chi connectivity index (χ4n) is 3.14. The molecule has 0 spiro atoms. The van der Waals surface area contributed by atoms with Gasteiger partial charge in [0.25, 0.3) is 15.9 Å². The number of aromatic nitrogens is 2. The Morgan fingerprint density at radius 3 is 2.21 bits per heavy atom. The van der Waals surface area contributed by atoms with Crippen molar-refractivity contribution in [3.63, 3.8) is 0 Å². The molecular weight excluding hydrogens is 440 g/mol. The Morgan fingerprint density at radius 1 is 0.848 bits per heavy atom. The monoisotopic (exact) mass is 462 g/mol. The Kier molecular flexibility index (Phi) is 5.97. The van der Waals surface area contributed by atoms with Gasteiger partial charge in [-0.3, -0.25) is 14.8 Å². The molecule has 0 aliphatic rings. The molecule has 168 valence electrons. The van der Waals surface area contributed by atoms with Crippen LogP contribution in [0, 0.1) is 20.8 Å². The number of rotatable bonds is 6. The first-order chi connectivity index (χ1) is 15.7. The predicted molar refractivity (Wildman–Crippen MR) is 126 cm³/mol. The molecule has 0 aliphatic heterocycles. The lowest BCUT2D eigenvalue weighted by molar-refractivity contribution is 0.102. The van der Waals surface area contributed by atoms with Crippen LogP contribution in [0.3, 0.4) is 0 Å². The minimum absolute atomic E-state index is 0.0277. The molecule has 1 aromatic heterocycles. The maximum absolute atomic E-state index is 12.6. The number of sulfonamides is 1. The van der Waals surface area contributed by atoms with Gasteiger partial charge in [0.15, 0.2) is 0 Å². The zero-order valence-electron chi connectivity index (χ0n) is 18.3. The second kappa shape index (κ2) is 8.87. The Morgan fingerprint density at radius 2 is 1.52 bits per heavy atom. The first kappa shape index (κ1) is 22.2. The summed E-state index contributed by atoms with van der Waals surface area (Å²) < 4.78 is 33.1. The van der Waals surface area contributed by atoms with E-state index in [2.05, 4.69) is 20.2 Å². The fourth-order valence-corrected chi connectivity index (χ4v) is 4.20. The van der Waals surface area contributed by atoms with E-state index < -0.39 is 15.9 Å². The molecule has 0 fully saturated rings. The zero-order chi connectivity index (χ0) is 23.6. The molecule has 3 aromatic carbocycles. The van der Waals surface area contributed by atoms with Gasteiger partial charge in [-0.2, -0.15) is 0 Å². The van der Waals surface area contributed by atoms with E-state index in [-0.39, 0.29) is 10.9 Å². The zero-order valence-corrected chi connectivity index (χ0v) is 19.1. The first-order valence-electron chi connectivity index (χ1n) is 10.1. The molecule has 0 aliphatic carbocycles. The molecule has 9 heteroatoms. The number of hydrogen-bond acceptors (Lipinski definition) is 6. The van der Waals surface area contributed by atoms with E-state index in [9.17, 15) is 13.2 Å². The van der Waals surface area contributed by atoms with Crippen molar-refractivity contribution in [3.05, 3.63) is 89.0 Å². The van der Waals surface area contributed by atoms with E-state index in [4.69, 9.17) is 4.42 Å². The largest absolute Gasteiger partial charge is 0.403 e. The number of nitrogens with one attached hydrogen (secondary N) is 2. The van der Waals surface area contributed by atoms with Crippen LogP contribution >= 0.6 is 0 Å². The quantitative estimate of drug-likeness (QED) is 0.429. The minimum Gasteiger partial charge on any atom is -0.403 e. The van der Waals surface area contributed by atoms with Crippen molar-refractivity contribution in [2.75, 3.05) is 10.0 Å². The number of anilines is 2. The highest BCUT2D eigenvalue weighted by molar-refractivity contribution is 7.92. The summed E-state index contributed by atoms with van der Waals surface area (Å²) in [5.74, 6) is -0.147. The SMILES string of the molecule is Cc1ccc(S(=O)(=O)Nc2ccc(C(=O)Nc3nnc(-c4cc(C)ccc4C)o3)cc2)cc1. The molecule has 1 amide bonds. The van der Waals surface area contributed by atoms with Gasteiger partial charge in [-0.15, -0.1) is 5.10 Å². The van der Waals surface area contributed by atoms with Crippen LogP contribution in [-0.2, 0) is 10.0 Å². The number of aryl methyl sites for hydroxylation is 3. The molecule has 0 bridgehead atoms. The van der Waals surface area contributed by atoms with Gasteiger partial charge in [-0.25, -0.2) is 8.42 Å². The normalized spacial score (nSPS) is 11.2. The minimum atomic E-state index is -3.73. The standard InChI is InChI=1S/C24H22N4O4S/c1-15-5-12-20(13-6-15)33(30,31)28-19-10-8-18(9-11-19)22(29)25-24-27-26-23(32-24)21-14-16(2)4-7-17(21)3/h4-14,28H,1-3H3,(H,25,27,29). The van der Waals surface area contributed by atoms with E-state index in [0.29, 0.717) is 17.1 Å². The van der Waals surface area contributed by atoms with Gasteiger partial charge >= 0.3 is 6.01 Å². The highest BCUT2D eigenvalue weighted by atomic mass is 32.2. The summed E-state index contributed by atoms with van der Waals surface area (Å²) in [4.78, 5) is 12.7. The third-order valence-corrected chi connectivity index (χ3v) is 6.40. The average Bonchev–Trinajstić information content (AvgIpc) is 3.24. The number of amides is 1. The first-order valence-corrected chi connectivity index (χ1v) is 11.6. The van der Waals surface area contributed by atoms with Crippen molar-refractivity contribution in [2.45, 2.75) is 25.7 Å². The molecule has 1 heterocycles. The lowest BCUT2D eigenvalue weighted by Crippen LogP contribution is -2.14. The molecule has 0 saturated carbocycles. The van der Waals surface area contributed by atoms with Gasteiger partial charge in [0.2, 0.25) is 5.89 Å². The number of nitrogens with zero attached hydrogens (tertiary/aromatic N) is 2. The average molecular weight is 463 g/mol. The van der Waals surface area contributed by atoms with Gasteiger partial charge in [-0.05, 0) is 68.8 Å². The smallest absolute Gasteiger partial charge is 0.322 e. The van der Waals surface area contributed by atoms with Crippen molar-refractivity contribution in [1.29, 1.82) is 0 Å². The van der Waals surface area contributed by atoms with Crippen LogP contribution < -0.4 is 10.0 Å². The van der Waals surface area contributed by atoms with Gasteiger partial charge in [0.05, 0.1) is 4.90 Å². The number of carbonyl (C=O) groups is 1. The van der Waals surface area contributed by atoms with Crippen LogP contribution in [0.2, 0.25) is 0 Å². The molecule has 0 saturated heterocycles. The maximum atomic E-state index is 12.6. The van der Waals surface area contributed by atoms with Crippen molar-refractivity contribution >= 4 is 27.6 Å². The second-order valence-electron chi connectivity index (χ2n) is 7.68. The van der Waals surface area contributed by atoms with Crippen LogP contribution in [0.4, 0.5) is 11.7 Å². The van der Waals surface area contributed by atoms with Crippen LogP contribution in [0.25, 0.3) is 11.5 Å². The summed E-state index contributed by atoms with van der Waals surface area (Å²) in [6, 6.07) is 18.4. The Bertz CT molecular complexity index is 1410. The highest BCUT2D eigenvalue weighted by Crippen LogP contribution is 2.25. The third kappa shape index (κ3) is 5.09. The topological polar surface area (TPSA) is 114 Å². The Hall–Kier alpha value is -3.98. The molecule has 33 heavy (non-hydrogen) atoms. The lowest BCUT2D eigenvalue weighted by atomic mass is 10.1. The number of hydrogen-bond donors (Lipinski definition) is 2. The second-order valence-corrected chi connectivity index (χ2v) is 9.36. The van der Waals surface area contributed by atoms with Crippen LogP contribution in [0.15, 0.2) is 76.0 Å². The molecule has 0 atom stereocenters. The molecule has 4 rings (SSSR count). The van der Waals surface area contributed by atoms with Crippen molar-refractivity contribution in [3.8, 4) is 11.5 Å².